The number of hydrogen-bond donors (Lipinski definition) is 4. The normalized spacial score (nSPS) is 25.4. The summed E-state index contributed by atoms with van der Waals surface area (Å²) in [5, 5.41) is 16.7. The number of phenolic OH excluding ortho intramolecular Hbond substituents is 1. The molecular formula is C30H29N5O3. The molecule has 0 spiro atoms. The summed E-state index contributed by atoms with van der Waals surface area (Å²) >= 11 is 0. The number of nitrogens with zero attached hydrogens (tertiary/aromatic N) is 2. The van der Waals surface area contributed by atoms with Gasteiger partial charge < -0.3 is 20.7 Å². The molecule has 4 aliphatic carbocycles. The van der Waals surface area contributed by atoms with Crippen molar-refractivity contribution in [3.63, 3.8) is 0 Å². The fraction of sp³-hybridized carbons (Fsp3) is 0.333. The second-order valence-corrected chi connectivity index (χ2v) is 11.4. The largest absolute Gasteiger partial charge is 0.507 e. The summed E-state index contributed by atoms with van der Waals surface area (Å²) in [5.74, 6) is 2.88. The van der Waals surface area contributed by atoms with E-state index in [9.17, 15) is 14.7 Å². The van der Waals surface area contributed by atoms with Crippen LogP contribution in [0.4, 0.5) is 11.5 Å². The third-order valence-corrected chi connectivity index (χ3v) is 8.68. The van der Waals surface area contributed by atoms with Gasteiger partial charge in [0.1, 0.15) is 17.4 Å². The van der Waals surface area contributed by atoms with Gasteiger partial charge in [-0.25, -0.2) is 9.97 Å². The van der Waals surface area contributed by atoms with Crippen molar-refractivity contribution in [3.8, 4) is 17.1 Å². The molecule has 2 amide bonds. The van der Waals surface area contributed by atoms with Gasteiger partial charge in [0.15, 0.2) is 0 Å². The number of carbonyl (C=O) groups excluding carboxylic acids is 2. The predicted octanol–water partition coefficient (Wildman–Crippen LogP) is 5.74. The molecule has 4 aliphatic rings. The van der Waals surface area contributed by atoms with Gasteiger partial charge in [-0.05, 0) is 98.7 Å². The molecule has 0 atom stereocenters. The molecule has 2 heterocycles. The van der Waals surface area contributed by atoms with Gasteiger partial charge in [-0.2, -0.15) is 0 Å². The number of aromatic nitrogens is 3. The lowest BCUT2D eigenvalue weighted by Gasteiger charge is -2.55. The van der Waals surface area contributed by atoms with Crippen LogP contribution in [0.15, 0.2) is 60.8 Å². The molecule has 4 fully saturated rings. The fourth-order valence-corrected chi connectivity index (χ4v) is 7.36. The quantitative estimate of drug-likeness (QED) is 0.275. The first-order valence-corrected chi connectivity index (χ1v) is 13.3. The summed E-state index contributed by atoms with van der Waals surface area (Å²) in [5.41, 5.74) is 2.67. The predicted molar refractivity (Wildman–Crippen MR) is 145 cm³/mol. The second-order valence-electron chi connectivity index (χ2n) is 11.4. The van der Waals surface area contributed by atoms with E-state index in [1.54, 1.807) is 54.7 Å². The van der Waals surface area contributed by atoms with Crippen molar-refractivity contribution in [2.45, 2.75) is 38.5 Å². The minimum absolute atomic E-state index is 0.0282. The molecule has 4 saturated carbocycles. The van der Waals surface area contributed by atoms with Crippen LogP contribution in [0.2, 0.25) is 0 Å². The van der Waals surface area contributed by atoms with Crippen LogP contribution in [-0.4, -0.2) is 31.9 Å². The number of rotatable bonds is 5. The Kier molecular flexibility index (Phi) is 5.25. The molecule has 8 nitrogen and oxygen atoms in total. The van der Waals surface area contributed by atoms with Gasteiger partial charge in [-0.3, -0.25) is 9.59 Å². The molecule has 8 heteroatoms. The highest BCUT2D eigenvalue weighted by Gasteiger charge is 2.54. The molecule has 4 aromatic rings. The Morgan fingerprint density at radius 1 is 0.921 bits per heavy atom. The SMILES string of the molecule is O=C(Nc1ccccn1)c1ccc2[nH]c(-c3ccc(NC(=O)C45CC6CC(CC(C6)C4)C5)cc3O)nc2c1. The summed E-state index contributed by atoms with van der Waals surface area (Å²) in [7, 11) is 0. The summed E-state index contributed by atoms with van der Waals surface area (Å²) < 4.78 is 0. The lowest BCUT2D eigenvalue weighted by atomic mass is 9.49. The zero-order chi connectivity index (χ0) is 25.9. The number of pyridine rings is 1. The number of imidazole rings is 1. The minimum Gasteiger partial charge on any atom is -0.507 e. The molecule has 38 heavy (non-hydrogen) atoms. The van der Waals surface area contributed by atoms with Gasteiger partial charge in [0.05, 0.1) is 22.0 Å². The Morgan fingerprint density at radius 3 is 2.37 bits per heavy atom. The number of phenols is 1. The number of anilines is 2. The Labute approximate surface area is 219 Å². The molecule has 2 aromatic carbocycles. The zero-order valence-corrected chi connectivity index (χ0v) is 20.9. The monoisotopic (exact) mass is 507 g/mol. The molecule has 4 N–H and O–H groups in total. The number of benzene rings is 2. The van der Waals surface area contributed by atoms with Crippen molar-refractivity contribution < 1.29 is 14.7 Å². The van der Waals surface area contributed by atoms with E-state index >= 15 is 0 Å². The topological polar surface area (TPSA) is 120 Å². The summed E-state index contributed by atoms with van der Waals surface area (Å²) in [6.45, 7) is 0. The van der Waals surface area contributed by atoms with Crippen LogP contribution in [0.3, 0.4) is 0 Å². The second kappa shape index (κ2) is 8.68. The van der Waals surface area contributed by atoms with Crippen molar-refractivity contribution in [1.82, 2.24) is 15.0 Å². The first-order valence-electron chi connectivity index (χ1n) is 13.3. The first kappa shape index (κ1) is 23.0. The maximum absolute atomic E-state index is 13.4. The van der Waals surface area contributed by atoms with Crippen LogP contribution in [0.25, 0.3) is 22.4 Å². The maximum atomic E-state index is 13.4. The van der Waals surface area contributed by atoms with Crippen LogP contribution in [-0.2, 0) is 4.79 Å². The van der Waals surface area contributed by atoms with E-state index in [2.05, 4.69) is 25.6 Å². The standard InChI is InChI=1S/C30H29N5O3/c36-25-13-21(32-29(38)30-14-17-9-18(15-30)11-19(10-17)16-30)5-6-22(25)27-33-23-7-4-20(12-24(23)34-27)28(37)35-26-3-1-2-8-31-26/h1-8,12-13,17-19,36H,9-11,14-16H2,(H,32,38)(H,33,34)(H,31,35,37). The molecule has 0 aliphatic heterocycles. The van der Waals surface area contributed by atoms with Crippen LogP contribution in [0.5, 0.6) is 5.75 Å². The first-order chi connectivity index (χ1) is 18.4. The molecule has 0 unspecified atom stereocenters. The Bertz CT molecular complexity index is 1530. The van der Waals surface area contributed by atoms with Crippen LogP contribution < -0.4 is 10.6 Å². The minimum atomic E-state index is -0.280. The number of nitrogens with one attached hydrogen (secondary N) is 3. The van der Waals surface area contributed by atoms with E-state index in [1.807, 2.05) is 6.07 Å². The number of H-pyrrole nitrogens is 1. The molecule has 2 aromatic heterocycles. The van der Waals surface area contributed by atoms with E-state index in [-0.39, 0.29) is 23.0 Å². The van der Waals surface area contributed by atoms with E-state index < -0.39 is 0 Å². The number of amides is 2. The van der Waals surface area contributed by atoms with Gasteiger partial charge in [0, 0.05) is 23.5 Å². The zero-order valence-electron chi connectivity index (χ0n) is 20.9. The van der Waals surface area contributed by atoms with E-state index in [0.29, 0.717) is 51.7 Å². The van der Waals surface area contributed by atoms with Gasteiger partial charge >= 0.3 is 0 Å². The number of aromatic hydroxyl groups is 1. The van der Waals surface area contributed by atoms with Gasteiger partial charge in [-0.1, -0.05) is 6.07 Å². The lowest BCUT2D eigenvalue weighted by Crippen LogP contribution is -2.51. The highest BCUT2D eigenvalue weighted by Crippen LogP contribution is 2.60. The van der Waals surface area contributed by atoms with E-state index in [4.69, 9.17) is 0 Å². The summed E-state index contributed by atoms with van der Waals surface area (Å²) in [4.78, 5) is 38.0. The van der Waals surface area contributed by atoms with Crippen molar-refractivity contribution in [2.75, 3.05) is 10.6 Å². The van der Waals surface area contributed by atoms with Gasteiger partial charge in [-0.15, -0.1) is 0 Å². The van der Waals surface area contributed by atoms with E-state index in [1.165, 1.54) is 19.3 Å². The van der Waals surface area contributed by atoms with Crippen molar-refractivity contribution in [1.29, 1.82) is 0 Å². The fourth-order valence-electron chi connectivity index (χ4n) is 7.36. The number of fused-ring (bicyclic) bond motifs is 1. The highest BCUT2D eigenvalue weighted by atomic mass is 16.3. The third-order valence-electron chi connectivity index (χ3n) is 8.68. The van der Waals surface area contributed by atoms with E-state index in [0.717, 1.165) is 24.8 Å². The highest BCUT2D eigenvalue weighted by molar-refractivity contribution is 6.05. The molecule has 0 radical (unpaired) electrons. The molecule has 4 bridgehead atoms. The van der Waals surface area contributed by atoms with Gasteiger partial charge in [0.25, 0.3) is 5.91 Å². The van der Waals surface area contributed by atoms with Crippen molar-refractivity contribution >= 4 is 34.4 Å². The van der Waals surface area contributed by atoms with Crippen molar-refractivity contribution in [3.05, 3.63) is 66.4 Å². The molecule has 8 rings (SSSR count). The molecule has 0 saturated heterocycles. The van der Waals surface area contributed by atoms with Crippen molar-refractivity contribution in [2.24, 2.45) is 23.2 Å². The van der Waals surface area contributed by atoms with Crippen LogP contribution in [0.1, 0.15) is 48.9 Å². The Morgan fingerprint density at radius 2 is 1.68 bits per heavy atom. The molecular weight excluding hydrogens is 478 g/mol. The third kappa shape index (κ3) is 4.00. The van der Waals surface area contributed by atoms with Crippen LogP contribution >= 0.6 is 0 Å². The summed E-state index contributed by atoms with van der Waals surface area (Å²) in [6.07, 6.45) is 8.47. The Balaban J connectivity index is 1.09. The van der Waals surface area contributed by atoms with Crippen LogP contribution in [0, 0.1) is 23.2 Å². The number of aromatic amines is 1. The average molecular weight is 508 g/mol. The number of hydrogen-bond acceptors (Lipinski definition) is 5. The Hall–Kier alpha value is -4.20. The average Bonchev–Trinajstić information content (AvgIpc) is 3.31. The summed E-state index contributed by atoms with van der Waals surface area (Å²) in [6, 6.07) is 15.7. The maximum Gasteiger partial charge on any atom is 0.256 e. The molecule has 192 valence electrons. The lowest BCUT2D eigenvalue weighted by molar-refractivity contribution is -0.140. The number of carbonyl (C=O) groups is 2. The smallest absolute Gasteiger partial charge is 0.256 e. The van der Waals surface area contributed by atoms with Gasteiger partial charge in [0.2, 0.25) is 5.91 Å².